The van der Waals surface area contributed by atoms with Gasteiger partial charge in [-0.25, -0.2) is 0 Å². The van der Waals surface area contributed by atoms with Gasteiger partial charge in [-0.05, 0) is 18.2 Å². The Balaban J connectivity index is 2.07. The summed E-state index contributed by atoms with van der Waals surface area (Å²) >= 11 is 5.69. The number of hydrogen-bond acceptors (Lipinski definition) is 3. The van der Waals surface area contributed by atoms with Crippen molar-refractivity contribution in [2.45, 2.75) is 6.04 Å². The van der Waals surface area contributed by atoms with E-state index in [2.05, 4.69) is 5.32 Å². The summed E-state index contributed by atoms with van der Waals surface area (Å²) in [5.74, 6) is -0.231. The molecular formula is C10H10ClNO3. The molecule has 0 aliphatic carbocycles. The molecule has 2 rings (SSSR count). The van der Waals surface area contributed by atoms with Crippen LogP contribution in [0.15, 0.2) is 18.2 Å². The zero-order valence-corrected chi connectivity index (χ0v) is 8.62. The van der Waals surface area contributed by atoms with E-state index in [0.717, 1.165) is 0 Å². The fraction of sp³-hybridized carbons (Fsp3) is 0.300. The van der Waals surface area contributed by atoms with Gasteiger partial charge in [0.25, 0.3) is 5.91 Å². The summed E-state index contributed by atoms with van der Waals surface area (Å²) in [6, 6.07) is 4.45. The fourth-order valence-corrected chi connectivity index (χ4v) is 1.42. The van der Waals surface area contributed by atoms with Crippen LogP contribution in [0.4, 0.5) is 0 Å². The maximum absolute atomic E-state index is 11.6. The molecule has 0 spiro atoms. The van der Waals surface area contributed by atoms with Crippen LogP contribution in [-0.4, -0.2) is 30.3 Å². The van der Waals surface area contributed by atoms with Crippen molar-refractivity contribution in [1.29, 1.82) is 0 Å². The Morgan fingerprint density at radius 1 is 1.53 bits per heavy atom. The summed E-state index contributed by atoms with van der Waals surface area (Å²) in [4.78, 5) is 11.6. The number of phenolic OH excluding ortho intramolecular Hbond substituents is 1. The van der Waals surface area contributed by atoms with Gasteiger partial charge in [-0.2, -0.15) is 0 Å². The zero-order valence-electron chi connectivity index (χ0n) is 7.87. The Morgan fingerprint density at radius 3 is 2.80 bits per heavy atom. The maximum atomic E-state index is 11.6. The first-order valence-electron chi connectivity index (χ1n) is 4.54. The van der Waals surface area contributed by atoms with Crippen LogP contribution < -0.4 is 5.32 Å². The van der Waals surface area contributed by atoms with E-state index in [9.17, 15) is 9.90 Å². The quantitative estimate of drug-likeness (QED) is 0.798. The molecule has 80 valence electrons. The van der Waals surface area contributed by atoms with Gasteiger partial charge < -0.3 is 15.2 Å². The third-order valence-electron chi connectivity index (χ3n) is 2.18. The molecule has 0 radical (unpaired) electrons. The highest BCUT2D eigenvalue weighted by Crippen LogP contribution is 2.23. The number of amides is 1. The highest BCUT2D eigenvalue weighted by molar-refractivity contribution is 6.32. The second kappa shape index (κ2) is 4.08. The summed E-state index contributed by atoms with van der Waals surface area (Å²) in [5, 5.41) is 12.1. The number of rotatable bonds is 2. The lowest BCUT2D eigenvalue weighted by Gasteiger charge is -2.26. The minimum Gasteiger partial charge on any atom is -0.506 e. The zero-order chi connectivity index (χ0) is 10.8. The Morgan fingerprint density at radius 2 is 2.27 bits per heavy atom. The number of aromatic hydroxyl groups is 1. The monoisotopic (exact) mass is 227 g/mol. The topological polar surface area (TPSA) is 58.6 Å². The van der Waals surface area contributed by atoms with Gasteiger partial charge in [-0.15, -0.1) is 0 Å². The predicted octanol–water partition coefficient (Wildman–Crippen LogP) is 1.17. The molecule has 2 N–H and O–H groups in total. The van der Waals surface area contributed by atoms with Gasteiger partial charge in [-0.3, -0.25) is 4.79 Å². The highest BCUT2D eigenvalue weighted by Gasteiger charge is 2.21. The summed E-state index contributed by atoms with van der Waals surface area (Å²) in [6.07, 6.45) is 0. The van der Waals surface area contributed by atoms with Crippen LogP contribution in [0, 0.1) is 0 Å². The van der Waals surface area contributed by atoms with Gasteiger partial charge >= 0.3 is 0 Å². The second-order valence-electron chi connectivity index (χ2n) is 3.37. The Bertz CT molecular complexity index is 390. The minimum atomic E-state index is -0.204. The molecule has 1 fully saturated rings. The lowest BCUT2D eigenvalue weighted by molar-refractivity contribution is -0.00346. The summed E-state index contributed by atoms with van der Waals surface area (Å²) in [7, 11) is 0. The summed E-state index contributed by atoms with van der Waals surface area (Å²) < 4.78 is 4.93. The van der Waals surface area contributed by atoms with Gasteiger partial charge in [0.05, 0.1) is 24.3 Å². The van der Waals surface area contributed by atoms with Crippen molar-refractivity contribution < 1.29 is 14.6 Å². The first kappa shape index (κ1) is 10.3. The van der Waals surface area contributed by atoms with Crippen LogP contribution in [0.3, 0.4) is 0 Å². The van der Waals surface area contributed by atoms with E-state index >= 15 is 0 Å². The molecule has 4 nitrogen and oxygen atoms in total. The average molecular weight is 228 g/mol. The van der Waals surface area contributed by atoms with Crippen LogP contribution >= 0.6 is 11.6 Å². The van der Waals surface area contributed by atoms with Crippen LogP contribution in [-0.2, 0) is 4.74 Å². The number of ether oxygens (including phenoxy) is 1. The van der Waals surface area contributed by atoms with Crippen molar-refractivity contribution >= 4 is 17.5 Å². The molecule has 1 aromatic rings. The van der Waals surface area contributed by atoms with E-state index in [1.54, 1.807) is 0 Å². The van der Waals surface area contributed by atoms with E-state index < -0.39 is 0 Å². The lowest BCUT2D eigenvalue weighted by Crippen LogP contribution is -2.48. The standard InChI is InChI=1S/C10H10ClNO3/c11-8-3-6(1-2-9(8)13)10(14)12-7-4-15-5-7/h1-3,7,13H,4-5H2,(H,12,14). The fourth-order valence-electron chi connectivity index (χ4n) is 1.24. The normalized spacial score (nSPS) is 15.8. The molecule has 1 saturated heterocycles. The van der Waals surface area contributed by atoms with Gasteiger partial charge in [0.2, 0.25) is 0 Å². The molecule has 0 atom stereocenters. The molecule has 0 saturated carbocycles. The SMILES string of the molecule is O=C(NC1COC1)c1ccc(O)c(Cl)c1. The molecule has 1 aliphatic rings. The smallest absolute Gasteiger partial charge is 0.251 e. The first-order valence-corrected chi connectivity index (χ1v) is 4.92. The largest absolute Gasteiger partial charge is 0.506 e. The number of carbonyl (C=O) groups excluding carboxylic acids is 1. The second-order valence-corrected chi connectivity index (χ2v) is 3.78. The van der Waals surface area contributed by atoms with Gasteiger partial charge in [0, 0.05) is 5.56 Å². The lowest BCUT2D eigenvalue weighted by atomic mass is 10.1. The molecule has 1 aliphatic heterocycles. The Hall–Kier alpha value is -1.26. The summed E-state index contributed by atoms with van der Waals surface area (Å²) in [5.41, 5.74) is 0.435. The predicted molar refractivity (Wildman–Crippen MR) is 55.2 cm³/mol. The Kier molecular flexibility index (Phi) is 2.79. The number of phenols is 1. The first-order chi connectivity index (χ1) is 7.16. The average Bonchev–Trinajstić information content (AvgIpc) is 2.15. The number of hydrogen-bond donors (Lipinski definition) is 2. The molecular weight excluding hydrogens is 218 g/mol. The molecule has 0 unspecified atom stereocenters. The van der Waals surface area contributed by atoms with Crippen molar-refractivity contribution in [3.8, 4) is 5.75 Å². The van der Waals surface area contributed by atoms with E-state index in [1.807, 2.05) is 0 Å². The number of nitrogens with one attached hydrogen (secondary N) is 1. The van der Waals surface area contributed by atoms with Gasteiger partial charge in [0.15, 0.2) is 0 Å². The maximum Gasteiger partial charge on any atom is 0.251 e. The van der Waals surface area contributed by atoms with Crippen molar-refractivity contribution in [3.05, 3.63) is 28.8 Å². The third kappa shape index (κ3) is 2.22. The summed E-state index contributed by atoms with van der Waals surface area (Å²) in [6.45, 7) is 1.11. The van der Waals surface area contributed by atoms with Crippen molar-refractivity contribution in [2.24, 2.45) is 0 Å². The number of carbonyl (C=O) groups is 1. The number of benzene rings is 1. The van der Waals surface area contributed by atoms with Gasteiger partial charge in [0.1, 0.15) is 5.75 Å². The van der Waals surface area contributed by atoms with Gasteiger partial charge in [-0.1, -0.05) is 11.6 Å². The van der Waals surface area contributed by atoms with E-state index in [1.165, 1.54) is 18.2 Å². The highest BCUT2D eigenvalue weighted by atomic mass is 35.5. The molecule has 0 aromatic heterocycles. The van der Waals surface area contributed by atoms with Crippen molar-refractivity contribution in [1.82, 2.24) is 5.32 Å². The van der Waals surface area contributed by atoms with E-state index in [-0.39, 0.29) is 22.7 Å². The third-order valence-corrected chi connectivity index (χ3v) is 2.49. The minimum absolute atomic E-state index is 0.0276. The molecule has 5 heteroatoms. The molecule has 15 heavy (non-hydrogen) atoms. The van der Waals surface area contributed by atoms with Crippen molar-refractivity contribution in [2.75, 3.05) is 13.2 Å². The molecule has 0 bridgehead atoms. The van der Waals surface area contributed by atoms with Crippen LogP contribution in [0.5, 0.6) is 5.75 Å². The van der Waals surface area contributed by atoms with Crippen LogP contribution in [0.25, 0.3) is 0 Å². The molecule has 1 aromatic carbocycles. The Labute approximate surface area is 91.8 Å². The van der Waals surface area contributed by atoms with Crippen LogP contribution in [0.1, 0.15) is 10.4 Å². The van der Waals surface area contributed by atoms with Crippen molar-refractivity contribution in [3.63, 3.8) is 0 Å². The molecule has 1 amide bonds. The number of halogens is 1. The molecule has 1 heterocycles. The van der Waals surface area contributed by atoms with Crippen LogP contribution in [0.2, 0.25) is 5.02 Å². The van der Waals surface area contributed by atoms with E-state index in [0.29, 0.717) is 18.8 Å². The van der Waals surface area contributed by atoms with E-state index in [4.69, 9.17) is 16.3 Å².